The second-order valence-electron chi connectivity index (χ2n) is 7.52. The third kappa shape index (κ3) is 5.50. The molecule has 0 fully saturated rings. The maximum absolute atomic E-state index is 12.7. The van der Waals surface area contributed by atoms with E-state index in [0.717, 1.165) is 0 Å². The number of hydrogen-bond acceptors (Lipinski definition) is 4. The van der Waals surface area contributed by atoms with Gasteiger partial charge in [-0.2, -0.15) is 26.3 Å². The Morgan fingerprint density at radius 1 is 0.708 bits per heavy atom. The van der Waals surface area contributed by atoms with Crippen LogP contribution in [0.4, 0.5) is 26.3 Å². The van der Waals surface area contributed by atoms with Gasteiger partial charge in [0.25, 0.3) is 19.7 Å². The van der Waals surface area contributed by atoms with Gasteiger partial charge in [0.2, 0.25) is 0 Å². The second kappa shape index (κ2) is 6.33. The van der Waals surface area contributed by atoms with Crippen LogP contribution in [0.1, 0.15) is 47.5 Å². The Labute approximate surface area is 137 Å². The Kier molecular flexibility index (Phi) is 6.19. The van der Waals surface area contributed by atoms with Crippen LogP contribution in [-0.2, 0) is 19.7 Å². The molecular formula is C12H20F6O4S2. The molecule has 0 aliphatic heterocycles. The van der Waals surface area contributed by atoms with Crippen molar-refractivity contribution in [1.29, 1.82) is 0 Å². The Bertz CT molecular complexity index is 607. The first-order valence-electron chi connectivity index (χ1n) is 6.65. The van der Waals surface area contributed by atoms with Crippen molar-refractivity contribution in [2.75, 3.05) is 0 Å². The fourth-order valence-corrected chi connectivity index (χ4v) is 6.57. The molecule has 0 saturated heterocycles. The van der Waals surface area contributed by atoms with Crippen LogP contribution < -0.4 is 0 Å². The molecule has 0 radical (unpaired) electrons. The van der Waals surface area contributed by atoms with Crippen LogP contribution >= 0.6 is 0 Å². The summed E-state index contributed by atoms with van der Waals surface area (Å²) in [6.45, 7) is 7.37. The first-order chi connectivity index (χ1) is 10.0. The summed E-state index contributed by atoms with van der Waals surface area (Å²) in [5.74, 6) is 0. The molecule has 0 rings (SSSR count). The molecule has 0 bridgehead atoms. The Morgan fingerprint density at radius 2 is 1.00 bits per heavy atom. The highest BCUT2D eigenvalue weighted by atomic mass is 32.3. The molecule has 24 heavy (non-hydrogen) atoms. The SMILES string of the molecule is CC(C)(C)CC(C)(C)CC(S(=O)(=O)C(F)(F)F)S(=O)(=O)C(F)(F)F. The number of halogens is 6. The maximum atomic E-state index is 12.7. The number of rotatable bonds is 5. The van der Waals surface area contributed by atoms with Crippen LogP contribution in [0.3, 0.4) is 0 Å². The van der Waals surface area contributed by atoms with E-state index in [1.165, 1.54) is 13.8 Å². The first-order valence-corrected chi connectivity index (χ1v) is 9.74. The normalized spacial score (nSPS) is 15.8. The number of hydrogen-bond donors (Lipinski definition) is 0. The minimum atomic E-state index is -6.58. The van der Waals surface area contributed by atoms with Crippen molar-refractivity contribution in [3.63, 3.8) is 0 Å². The van der Waals surface area contributed by atoms with Crippen LogP contribution in [0.25, 0.3) is 0 Å². The van der Waals surface area contributed by atoms with E-state index >= 15 is 0 Å². The van der Waals surface area contributed by atoms with Crippen molar-refractivity contribution in [3.8, 4) is 0 Å². The molecule has 0 aliphatic rings. The van der Waals surface area contributed by atoms with Crippen molar-refractivity contribution in [3.05, 3.63) is 0 Å². The van der Waals surface area contributed by atoms with Gasteiger partial charge in [0.05, 0.1) is 0 Å². The van der Waals surface area contributed by atoms with Gasteiger partial charge in [-0.15, -0.1) is 0 Å². The predicted octanol–water partition coefficient (Wildman–Crippen LogP) is 4.03. The first kappa shape index (κ1) is 23.5. The van der Waals surface area contributed by atoms with Crippen LogP contribution in [0.2, 0.25) is 0 Å². The summed E-state index contributed by atoms with van der Waals surface area (Å²) in [6, 6.07) is 0. The molecule has 0 aliphatic carbocycles. The van der Waals surface area contributed by atoms with E-state index in [2.05, 4.69) is 0 Å². The van der Waals surface area contributed by atoms with E-state index in [9.17, 15) is 43.2 Å². The largest absolute Gasteiger partial charge is 0.498 e. The molecule has 0 aromatic heterocycles. The zero-order valence-electron chi connectivity index (χ0n) is 13.7. The molecule has 12 heteroatoms. The molecule has 4 nitrogen and oxygen atoms in total. The van der Waals surface area contributed by atoms with Crippen molar-refractivity contribution in [2.24, 2.45) is 10.8 Å². The third-order valence-electron chi connectivity index (χ3n) is 3.07. The van der Waals surface area contributed by atoms with Gasteiger partial charge in [-0.1, -0.05) is 34.6 Å². The number of sulfone groups is 2. The molecule has 0 saturated carbocycles. The summed E-state index contributed by atoms with van der Waals surface area (Å²) in [5, 5.41) is 0. The highest BCUT2D eigenvalue weighted by Crippen LogP contribution is 2.44. The quantitative estimate of drug-likeness (QED) is 0.647. The second-order valence-corrected chi connectivity index (χ2v) is 12.1. The molecule has 0 heterocycles. The summed E-state index contributed by atoms with van der Waals surface area (Å²) >= 11 is 0. The monoisotopic (exact) mass is 406 g/mol. The molecular weight excluding hydrogens is 386 g/mol. The Morgan fingerprint density at radius 3 is 1.21 bits per heavy atom. The minimum absolute atomic E-state index is 0.0112. The van der Waals surface area contributed by atoms with Crippen LogP contribution in [0.5, 0.6) is 0 Å². The predicted molar refractivity (Wildman–Crippen MR) is 76.2 cm³/mol. The number of alkyl halides is 6. The fourth-order valence-electron chi connectivity index (χ4n) is 2.64. The lowest BCUT2D eigenvalue weighted by Crippen LogP contribution is -2.47. The summed E-state index contributed by atoms with van der Waals surface area (Å²) in [4.78, 5) is 0. The van der Waals surface area contributed by atoms with Gasteiger partial charge >= 0.3 is 11.0 Å². The zero-order valence-corrected chi connectivity index (χ0v) is 15.3. The van der Waals surface area contributed by atoms with E-state index in [1.807, 2.05) is 0 Å². The highest BCUT2D eigenvalue weighted by molar-refractivity contribution is 8.09. The molecule has 0 atom stereocenters. The fraction of sp³-hybridized carbons (Fsp3) is 1.00. The summed E-state index contributed by atoms with van der Waals surface area (Å²) in [7, 11) is -13.2. The zero-order chi connectivity index (χ0) is 20.0. The summed E-state index contributed by atoms with van der Waals surface area (Å²) < 4.78 is 118. The maximum Gasteiger partial charge on any atom is 0.498 e. The van der Waals surface area contributed by atoms with Gasteiger partial charge in [0.1, 0.15) is 0 Å². The third-order valence-corrected chi connectivity index (χ3v) is 7.59. The minimum Gasteiger partial charge on any atom is -0.218 e. The summed E-state index contributed by atoms with van der Waals surface area (Å²) in [5.41, 5.74) is -14.2. The van der Waals surface area contributed by atoms with Gasteiger partial charge in [0, 0.05) is 0 Å². The van der Waals surface area contributed by atoms with E-state index in [1.54, 1.807) is 20.8 Å². The van der Waals surface area contributed by atoms with Gasteiger partial charge in [-0.3, -0.25) is 0 Å². The molecule has 146 valence electrons. The average molecular weight is 406 g/mol. The Hall–Kier alpha value is -0.520. The van der Waals surface area contributed by atoms with Gasteiger partial charge in [0.15, 0.2) is 4.58 Å². The van der Waals surface area contributed by atoms with Crippen LogP contribution in [0, 0.1) is 10.8 Å². The molecule has 0 spiro atoms. The Balaban J connectivity index is 6.25. The smallest absolute Gasteiger partial charge is 0.218 e. The van der Waals surface area contributed by atoms with Gasteiger partial charge < -0.3 is 0 Å². The van der Waals surface area contributed by atoms with Crippen molar-refractivity contribution < 1.29 is 43.2 Å². The van der Waals surface area contributed by atoms with E-state index in [0.29, 0.717) is 0 Å². The van der Waals surface area contributed by atoms with E-state index in [-0.39, 0.29) is 6.42 Å². The summed E-state index contributed by atoms with van der Waals surface area (Å²) in [6.07, 6.45) is -1.31. The van der Waals surface area contributed by atoms with Crippen LogP contribution in [-0.4, -0.2) is 32.4 Å². The van der Waals surface area contributed by atoms with Gasteiger partial charge in [-0.25, -0.2) is 16.8 Å². The lowest BCUT2D eigenvalue weighted by atomic mass is 9.75. The lowest BCUT2D eigenvalue weighted by molar-refractivity contribution is -0.0477. The lowest BCUT2D eigenvalue weighted by Gasteiger charge is -2.35. The van der Waals surface area contributed by atoms with Crippen LogP contribution in [0.15, 0.2) is 0 Å². The van der Waals surface area contributed by atoms with Crippen molar-refractivity contribution >= 4 is 19.7 Å². The van der Waals surface area contributed by atoms with Crippen molar-refractivity contribution in [1.82, 2.24) is 0 Å². The molecule has 0 aromatic carbocycles. The molecule has 0 N–H and O–H groups in total. The highest BCUT2D eigenvalue weighted by Gasteiger charge is 2.63. The van der Waals surface area contributed by atoms with E-state index < -0.39 is 52.5 Å². The van der Waals surface area contributed by atoms with Gasteiger partial charge in [-0.05, 0) is 23.7 Å². The van der Waals surface area contributed by atoms with Crippen molar-refractivity contribution in [2.45, 2.75) is 63.1 Å². The topological polar surface area (TPSA) is 68.3 Å². The molecule has 0 amide bonds. The molecule has 0 unspecified atom stereocenters. The molecule has 0 aromatic rings. The van der Waals surface area contributed by atoms with E-state index in [4.69, 9.17) is 0 Å². The average Bonchev–Trinajstić information content (AvgIpc) is 2.18. The standard InChI is InChI=1S/C12H20F6O4S2/c1-9(2,3)7-10(4,5)6-8(23(19,20)11(13,14)15)24(21,22)12(16,17)18/h8H,6-7H2,1-5H3.